The fourth-order valence-electron chi connectivity index (χ4n) is 3.62. The van der Waals surface area contributed by atoms with Crippen molar-refractivity contribution in [2.24, 2.45) is 11.8 Å². The van der Waals surface area contributed by atoms with Crippen molar-refractivity contribution in [3.8, 4) is 0 Å². The van der Waals surface area contributed by atoms with Crippen LogP contribution >= 0.6 is 0 Å². The van der Waals surface area contributed by atoms with Crippen LogP contribution in [-0.2, 0) is 0 Å². The molecule has 0 saturated heterocycles. The molecule has 0 aromatic heterocycles. The van der Waals surface area contributed by atoms with Crippen molar-refractivity contribution in [2.45, 2.75) is 50.6 Å². The molecule has 3 rings (SSSR count). The van der Waals surface area contributed by atoms with Crippen LogP contribution in [0.4, 0.5) is 0 Å². The normalized spacial score (nSPS) is 39.2. The van der Waals surface area contributed by atoms with Gasteiger partial charge in [0.1, 0.15) is 0 Å². The summed E-state index contributed by atoms with van der Waals surface area (Å²) in [6, 6.07) is 1.79. The van der Waals surface area contributed by atoms with Gasteiger partial charge in [-0.05, 0) is 51.0 Å². The Morgan fingerprint density at radius 2 is 2.00 bits per heavy atom. The molecular weight excluding hydrogens is 184 g/mol. The lowest BCUT2D eigenvalue weighted by Gasteiger charge is -2.24. The molecule has 0 spiro atoms. The molecule has 86 valence electrons. The first kappa shape index (κ1) is 10.1. The van der Waals surface area contributed by atoms with Gasteiger partial charge in [-0.2, -0.15) is 0 Å². The smallest absolute Gasteiger partial charge is 0.0107 e. The molecule has 2 nitrogen and oxygen atoms in total. The van der Waals surface area contributed by atoms with E-state index in [1.807, 2.05) is 0 Å². The lowest BCUT2D eigenvalue weighted by Crippen LogP contribution is -2.39. The average Bonchev–Trinajstić information content (AvgIpc) is 2.90. The molecule has 0 amide bonds. The number of hydrogen-bond acceptors (Lipinski definition) is 2. The van der Waals surface area contributed by atoms with Gasteiger partial charge in [-0.15, -0.1) is 0 Å². The fraction of sp³-hybridized carbons (Fsp3) is 1.00. The Morgan fingerprint density at radius 1 is 1.13 bits per heavy atom. The Hall–Kier alpha value is -0.0800. The summed E-state index contributed by atoms with van der Waals surface area (Å²) in [7, 11) is 2.28. The van der Waals surface area contributed by atoms with Crippen LogP contribution in [0.2, 0.25) is 0 Å². The second-order valence-electron chi connectivity index (χ2n) is 5.95. The van der Waals surface area contributed by atoms with Crippen LogP contribution in [0.25, 0.3) is 0 Å². The molecular formula is C13H24N2. The van der Waals surface area contributed by atoms with Crippen LogP contribution in [-0.4, -0.2) is 37.1 Å². The van der Waals surface area contributed by atoms with Crippen LogP contribution in [0.3, 0.4) is 0 Å². The van der Waals surface area contributed by atoms with Gasteiger partial charge in [-0.1, -0.05) is 6.42 Å². The van der Waals surface area contributed by atoms with Crippen molar-refractivity contribution in [1.82, 2.24) is 10.2 Å². The van der Waals surface area contributed by atoms with Gasteiger partial charge < -0.3 is 10.2 Å². The van der Waals surface area contributed by atoms with Gasteiger partial charge in [0.15, 0.2) is 0 Å². The van der Waals surface area contributed by atoms with Gasteiger partial charge in [-0.3, -0.25) is 0 Å². The summed E-state index contributed by atoms with van der Waals surface area (Å²) in [6.07, 6.45) is 8.88. The summed E-state index contributed by atoms with van der Waals surface area (Å²) in [4.78, 5) is 2.53. The molecule has 0 radical (unpaired) electrons. The molecule has 0 aliphatic heterocycles. The highest BCUT2D eigenvalue weighted by atomic mass is 15.2. The van der Waals surface area contributed by atoms with Crippen LogP contribution < -0.4 is 5.32 Å². The maximum Gasteiger partial charge on any atom is 0.0107 e. The van der Waals surface area contributed by atoms with Crippen molar-refractivity contribution in [2.75, 3.05) is 20.1 Å². The first-order valence-electron chi connectivity index (χ1n) is 6.76. The maximum atomic E-state index is 3.78. The van der Waals surface area contributed by atoms with E-state index >= 15 is 0 Å². The first-order valence-corrected chi connectivity index (χ1v) is 6.76. The predicted octanol–water partition coefficient (Wildman–Crippen LogP) is 1.86. The Kier molecular flexibility index (Phi) is 2.73. The lowest BCUT2D eigenvalue weighted by molar-refractivity contribution is 0.292. The number of nitrogens with zero attached hydrogens (tertiary/aromatic N) is 1. The fourth-order valence-corrected chi connectivity index (χ4v) is 3.62. The average molecular weight is 208 g/mol. The van der Waals surface area contributed by atoms with E-state index in [-0.39, 0.29) is 0 Å². The molecule has 3 aliphatic rings. The molecule has 1 N–H and O–H groups in total. The van der Waals surface area contributed by atoms with Crippen molar-refractivity contribution in [3.63, 3.8) is 0 Å². The Labute approximate surface area is 93.4 Å². The lowest BCUT2D eigenvalue weighted by atomic mass is 9.95. The Morgan fingerprint density at radius 3 is 2.60 bits per heavy atom. The molecule has 3 atom stereocenters. The van der Waals surface area contributed by atoms with Gasteiger partial charge in [0.25, 0.3) is 0 Å². The standard InChI is InChI=1S/C13H24N2/c1-15(12-4-5-12)7-6-14-13-9-10-2-3-11(13)8-10/h10-14H,2-9H2,1H3. The highest BCUT2D eigenvalue weighted by Crippen LogP contribution is 2.44. The zero-order valence-electron chi connectivity index (χ0n) is 9.91. The molecule has 3 unspecified atom stereocenters. The van der Waals surface area contributed by atoms with E-state index in [0.29, 0.717) is 0 Å². The summed E-state index contributed by atoms with van der Waals surface area (Å²) in [5, 5.41) is 3.78. The van der Waals surface area contributed by atoms with Crippen molar-refractivity contribution in [3.05, 3.63) is 0 Å². The SMILES string of the molecule is CN(CCNC1CC2CCC1C2)C1CC1. The predicted molar refractivity (Wildman–Crippen MR) is 62.9 cm³/mol. The van der Waals surface area contributed by atoms with E-state index in [9.17, 15) is 0 Å². The zero-order valence-corrected chi connectivity index (χ0v) is 9.91. The monoisotopic (exact) mass is 208 g/mol. The quantitative estimate of drug-likeness (QED) is 0.742. The zero-order chi connectivity index (χ0) is 10.3. The highest BCUT2D eigenvalue weighted by Gasteiger charge is 2.39. The van der Waals surface area contributed by atoms with E-state index in [1.54, 1.807) is 0 Å². The minimum absolute atomic E-state index is 0.872. The summed E-state index contributed by atoms with van der Waals surface area (Å²) < 4.78 is 0. The molecule has 3 fully saturated rings. The van der Waals surface area contributed by atoms with Gasteiger partial charge >= 0.3 is 0 Å². The number of fused-ring (bicyclic) bond motifs is 2. The second-order valence-corrected chi connectivity index (χ2v) is 5.95. The third kappa shape index (κ3) is 2.21. The third-order valence-electron chi connectivity index (χ3n) is 4.78. The van der Waals surface area contributed by atoms with E-state index in [2.05, 4.69) is 17.3 Å². The summed E-state index contributed by atoms with van der Waals surface area (Å²) in [6.45, 7) is 2.46. The summed E-state index contributed by atoms with van der Waals surface area (Å²) in [5.41, 5.74) is 0. The van der Waals surface area contributed by atoms with Gasteiger partial charge in [0.2, 0.25) is 0 Å². The molecule has 15 heavy (non-hydrogen) atoms. The van der Waals surface area contributed by atoms with Gasteiger partial charge in [0.05, 0.1) is 0 Å². The number of nitrogens with one attached hydrogen (secondary N) is 1. The van der Waals surface area contributed by atoms with Gasteiger partial charge in [-0.25, -0.2) is 0 Å². The molecule has 0 heterocycles. The van der Waals surface area contributed by atoms with E-state index in [4.69, 9.17) is 0 Å². The number of rotatable bonds is 5. The van der Waals surface area contributed by atoms with Crippen LogP contribution in [0.1, 0.15) is 38.5 Å². The molecule has 3 aliphatic carbocycles. The van der Waals surface area contributed by atoms with Crippen LogP contribution in [0, 0.1) is 11.8 Å². The Balaban J connectivity index is 1.35. The van der Waals surface area contributed by atoms with Crippen molar-refractivity contribution in [1.29, 1.82) is 0 Å². The molecule has 0 aromatic carbocycles. The molecule has 0 aromatic rings. The Bertz CT molecular complexity index is 225. The van der Waals surface area contributed by atoms with Crippen LogP contribution in [0.15, 0.2) is 0 Å². The third-order valence-corrected chi connectivity index (χ3v) is 4.78. The van der Waals surface area contributed by atoms with Gasteiger partial charge in [0, 0.05) is 25.2 Å². The second kappa shape index (κ2) is 4.06. The van der Waals surface area contributed by atoms with E-state index in [1.165, 1.54) is 51.6 Å². The summed E-state index contributed by atoms with van der Waals surface area (Å²) >= 11 is 0. The highest BCUT2D eigenvalue weighted by molar-refractivity contribution is 4.94. The minimum atomic E-state index is 0.872. The largest absolute Gasteiger partial charge is 0.312 e. The number of likely N-dealkylation sites (N-methyl/N-ethyl adjacent to an activating group) is 1. The van der Waals surface area contributed by atoms with Crippen LogP contribution in [0.5, 0.6) is 0 Å². The van der Waals surface area contributed by atoms with E-state index < -0.39 is 0 Å². The number of hydrogen-bond donors (Lipinski definition) is 1. The van der Waals surface area contributed by atoms with E-state index in [0.717, 1.165) is 23.9 Å². The first-order chi connectivity index (χ1) is 7.33. The van der Waals surface area contributed by atoms with Crippen molar-refractivity contribution >= 4 is 0 Å². The molecule has 3 saturated carbocycles. The minimum Gasteiger partial charge on any atom is -0.312 e. The topological polar surface area (TPSA) is 15.3 Å². The van der Waals surface area contributed by atoms with Crippen molar-refractivity contribution < 1.29 is 0 Å². The summed E-state index contributed by atoms with van der Waals surface area (Å²) in [5.74, 6) is 2.11. The molecule has 2 heteroatoms. The molecule has 2 bridgehead atoms. The maximum absolute atomic E-state index is 3.78.